The summed E-state index contributed by atoms with van der Waals surface area (Å²) < 4.78 is 13.4. The number of carbonyl (C=O) groups excluding carboxylic acids is 3. The highest BCUT2D eigenvalue weighted by atomic mass is 16.5. The zero-order valence-corrected chi connectivity index (χ0v) is 17.6. The van der Waals surface area contributed by atoms with Crippen molar-refractivity contribution in [2.45, 2.75) is 83.8 Å². The molecule has 0 aliphatic carbocycles. The van der Waals surface area contributed by atoms with Gasteiger partial charge in [-0.3, -0.25) is 19.3 Å². The Hall–Kier alpha value is -2.01. The molecule has 29 heavy (non-hydrogen) atoms. The van der Waals surface area contributed by atoms with Crippen LogP contribution in [0.15, 0.2) is 30.3 Å². The van der Waals surface area contributed by atoms with E-state index >= 15 is 0 Å². The van der Waals surface area contributed by atoms with E-state index in [4.69, 9.17) is 6.11 Å². The second-order valence-electron chi connectivity index (χ2n) is 7.73. The molecule has 1 heterocycles. The van der Waals surface area contributed by atoms with Crippen LogP contribution in [0.2, 0.25) is 0 Å². The van der Waals surface area contributed by atoms with Crippen LogP contribution in [0, 0.1) is 0 Å². The van der Waals surface area contributed by atoms with Crippen molar-refractivity contribution >= 4 is 17.5 Å². The highest BCUT2D eigenvalue weighted by molar-refractivity contribution is 5.85. The number of rotatable bonds is 14. The van der Waals surface area contributed by atoms with Crippen molar-refractivity contribution in [2.75, 3.05) is 13.1 Å². The average Bonchev–Trinajstić information content (AvgIpc) is 3.23. The van der Waals surface area contributed by atoms with E-state index in [1.54, 1.807) is 0 Å². The average molecular weight is 403 g/mol. The van der Waals surface area contributed by atoms with Crippen molar-refractivity contribution in [3.8, 4) is 0 Å². The monoisotopic (exact) mass is 402 g/mol. The highest BCUT2D eigenvalue weighted by Crippen LogP contribution is 2.20. The van der Waals surface area contributed by atoms with Gasteiger partial charge in [0.15, 0.2) is 0 Å². The molecule has 1 aromatic rings. The Kier molecular flexibility index (Phi) is 9.92. The third kappa shape index (κ3) is 8.90. The first-order valence-corrected chi connectivity index (χ1v) is 10.9. The molecule has 1 fully saturated rings. The molecule has 1 aliphatic rings. The zero-order chi connectivity index (χ0) is 21.8. The van der Waals surface area contributed by atoms with Gasteiger partial charge < -0.3 is 4.74 Å². The molecule has 0 spiro atoms. The Balaban J connectivity index is 1.57. The van der Waals surface area contributed by atoms with Gasteiger partial charge in [-0.25, -0.2) is 0 Å². The molecular formula is C24H35NO4. The standard InChI is InChI=1S/C24H35NO4/c1-2-3-17-25-18-9-14-22(25)23(27)15-7-12-21(26)13-8-16-24(28)29-19-20-10-5-4-6-11-20/h4-6,10-11,22H,2-3,7-9,12-19H2,1H3/i17D. The van der Waals surface area contributed by atoms with Gasteiger partial charge in [-0.15, -0.1) is 0 Å². The fraction of sp³-hybridized carbons (Fsp3) is 0.625. The molecule has 0 aromatic heterocycles. The van der Waals surface area contributed by atoms with Crippen molar-refractivity contribution in [3.63, 3.8) is 0 Å². The third-order valence-corrected chi connectivity index (χ3v) is 5.28. The topological polar surface area (TPSA) is 63.7 Å². The van der Waals surface area contributed by atoms with Gasteiger partial charge in [-0.2, -0.15) is 0 Å². The lowest BCUT2D eigenvalue weighted by molar-refractivity contribution is -0.145. The van der Waals surface area contributed by atoms with Crippen molar-refractivity contribution < 1.29 is 20.5 Å². The van der Waals surface area contributed by atoms with E-state index in [9.17, 15) is 14.4 Å². The van der Waals surface area contributed by atoms with Gasteiger partial charge in [0.2, 0.25) is 0 Å². The molecule has 0 saturated carbocycles. The Morgan fingerprint density at radius 3 is 2.52 bits per heavy atom. The number of likely N-dealkylation sites (tertiary alicyclic amines) is 1. The lowest BCUT2D eigenvalue weighted by Gasteiger charge is -2.23. The van der Waals surface area contributed by atoms with Crippen LogP contribution in [0.5, 0.6) is 0 Å². The lowest BCUT2D eigenvalue weighted by atomic mass is 10.0. The Bertz CT molecular complexity index is 679. The Morgan fingerprint density at radius 1 is 1.07 bits per heavy atom. The van der Waals surface area contributed by atoms with E-state index in [2.05, 4.69) is 6.92 Å². The Labute approximate surface area is 176 Å². The number of carbonyl (C=O) groups is 3. The number of benzene rings is 1. The van der Waals surface area contributed by atoms with Gasteiger partial charge in [0.25, 0.3) is 0 Å². The maximum absolute atomic E-state index is 12.5. The summed E-state index contributed by atoms with van der Waals surface area (Å²) >= 11 is 0. The summed E-state index contributed by atoms with van der Waals surface area (Å²) in [4.78, 5) is 38.4. The van der Waals surface area contributed by atoms with E-state index < -0.39 is 0 Å². The second kappa shape index (κ2) is 13.3. The summed E-state index contributed by atoms with van der Waals surface area (Å²) in [5, 5.41) is 0. The first-order valence-electron chi connectivity index (χ1n) is 11.5. The van der Waals surface area contributed by atoms with Crippen molar-refractivity contribution in [2.24, 2.45) is 0 Å². The Morgan fingerprint density at radius 2 is 1.79 bits per heavy atom. The zero-order valence-electron chi connectivity index (χ0n) is 18.6. The number of nitrogens with zero attached hydrogens (tertiary/aromatic N) is 1. The summed E-state index contributed by atoms with van der Waals surface area (Å²) in [6.07, 6.45) is 5.90. The number of ketones is 2. The third-order valence-electron chi connectivity index (χ3n) is 5.28. The minimum Gasteiger partial charge on any atom is -0.461 e. The highest BCUT2D eigenvalue weighted by Gasteiger charge is 2.29. The van der Waals surface area contributed by atoms with E-state index in [1.165, 1.54) is 0 Å². The fourth-order valence-electron chi connectivity index (χ4n) is 3.64. The van der Waals surface area contributed by atoms with Gasteiger partial charge in [0.1, 0.15) is 18.2 Å². The molecule has 5 nitrogen and oxygen atoms in total. The number of ether oxygens (including phenoxy) is 1. The maximum Gasteiger partial charge on any atom is 0.306 e. The van der Waals surface area contributed by atoms with Gasteiger partial charge in [0.05, 0.1) is 6.04 Å². The molecule has 2 atom stereocenters. The minimum absolute atomic E-state index is 0.0892. The number of hydrogen-bond donors (Lipinski definition) is 0. The molecule has 1 aromatic carbocycles. The molecule has 0 amide bonds. The molecule has 0 bridgehead atoms. The van der Waals surface area contributed by atoms with Gasteiger partial charge >= 0.3 is 5.97 Å². The number of hydrogen-bond acceptors (Lipinski definition) is 5. The van der Waals surface area contributed by atoms with E-state index in [0.717, 1.165) is 37.8 Å². The first kappa shape index (κ1) is 21.7. The molecular weight excluding hydrogens is 366 g/mol. The normalized spacial score (nSPS) is 18.2. The molecule has 0 radical (unpaired) electrons. The summed E-state index contributed by atoms with van der Waals surface area (Å²) in [5.74, 6) is -0.0374. The van der Waals surface area contributed by atoms with Crippen LogP contribution in [0.3, 0.4) is 0 Å². The molecule has 5 heteroatoms. The van der Waals surface area contributed by atoms with Crippen molar-refractivity contribution in [1.29, 1.82) is 0 Å². The van der Waals surface area contributed by atoms with Crippen LogP contribution in [0.25, 0.3) is 0 Å². The van der Waals surface area contributed by atoms with Gasteiger partial charge in [-0.05, 0) is 50.7 Å². The van der Waals surface area contributed by atoms with Crippen LogP contribution < -0.4 is 0 Å². The fourth-order valence-corrected chi connectivity index (χ4v) is 3.64. The SMILES string of the molecule is [2H]C(CCC)N1CCCC1C(=O)CCCC(=O)CCCC(=O)OCc1ccccc1. The molecule has 0 N–H and O–H groups in total. The van der Waals surface area contributed by atoms with E-state index in [0.29, 0.717) is 32.1 Å². The largest absolute Gasteiger partial charge is 0.461 e. The predicted octanol–water partition coefficient (Wildman–Crippen LogP) is 4.47. The summed E-state index contributed by atoms with van der Waals surface area (Å²) in [6.45, 7) is 2.84. The van der Waals surface area contributed by atoms with Crippen LogP contribution in [-0.2, 0) is 25.7 Å². The number of Topliss-reactive ketones (excluding diaryl/α,β-unsaturated/α-hetero) is 2. The van der Waals surface area contributed by atoms with E-state index in [1.807, 2.05) is 35.2 Å². The minimum atomic E-state index is -0.297. The second-order valence-corrected chi connectivity index (χ2v) is 7.73. The van der Waals surface area contributed by atoms with Gasteiger partial charge in [-0.1, -0.05) is 43.7 Å². The van der Waals surface area contributed by atoms with Gasteiger partial charge in [0, 0.05) is 27.1 Å². The maximum atomic E-state index is 12.5. The number of esters is 1. The van der Waals surface area contributed by atoms with Crippen LogP contribution in [0.1, 0.15) is 78.1 Å². The summed E-state index contributed by atoms with van der Waals surface area (Å²) in [6, 6.07) is 9.36. The lowest BCUT2D eigenvalue weighted by Crippen LogP contribution is -2.36. The van der Waals surface area contributed by atoms with E-state index in [-0.39, 0.29) is 43.1 Å². The first-order chi connectivity index (χ1) is 14.5. The molecule has 1 aliphatic heterocycles. The molecule has 1 saturated heterocycles. The predicted molar refractivity (Wildman–Crippen MR) is 113 cm³/mol. The van der Waals surface area contributed by atoms with Crippen molar-refractivity contribution in [3.05, 3.63) is 35.9 Å². The quantitative estimate of drug-likeness (QED) is 0.430. The summed E-state index contributed by atoms with van der Waals surface area (Å²) in [5.41, 5.74) is 0.943. The summed E-state index contributed by atoms with van der Waals surface area (Å²) in [7, 11) is 0. The molecule has 2 rings (SSSR count). The molecule has 160 valence electrons. The van der Waals surface area contributed by atoms with Crippen LogP contribution in [0.4, 0.5) is 0 Å². The molecule has 2 unspecified atom stereocenters. The van der Waals surface area contributed by atoms with Crippen molar-refractivity contribution in [1.82, 2.24) is 4.90 Å². The smallest absolute Gasteiger partial charge is 0.306 e. The van der Waals surface area contributed by atoms with Crippen LogP contribution >= 0.6 is 0 Å². The van der Waals surface area contributed by atoms with Crippen LogP contribution in [-0.4, -0.2) is 41.5 Å².